The van der Waals surface area contributed by atoms with Crippen molar-refractivity contribution >= 4 is 51.5 Å². The molecular formula is C29H37N3O13. The summed E-state index contributed by atoms with van der Waals surface area (Å²) in [5.74, 6) is -4.09. The van der Waals surface area contributed by atoms with Crippen LogP contribution < -0.4 is 0 Å². The summed E-state index contributed by atoms with van der Waals surface area (Å²) in [5.41, 5.74) is 0.735. The molecule has 0 saturated carbocycles. The summed E-state index contributed by atoms with van der Waals surface area (Å²) < 4.78 is 17.4. The molecule has 0 aliphatic heterocycles. The van der Waals surface area contributed by atoms with Crippen molar-refractivity contribution in [3.63, 3.8) is 0 Å². The SMILES string of the molecule is CC(=O)O.CCN(CCOCCOC(CN(CCC(=O)O)CC(=O)O)c1cc2c(cc1[N+](=O)[O-])oc1ccccc12)CC(=O)O. The maximum atomic E-state index is 12.1. The molecule has 0 bridgehead atoms. The summed E-state index contributed by atoms with van der Waals surface area (Å²) in [5, 5.41) is 48.3. The van der Waals surface area contributed by atoms with Gasteiger partial charge in [0.15, 0.2) is 0 Å². The van der Waals surface area contributed by atoms with Crippen LogP contribution in [0.15, 0.2) is 40.8 Å². The number of ether oxygens (including phenoxy) is 2. The van der Waals surface area contributed by atoms with Crippen LogP contribution in [-0.4, -0.2) is 118 Å². The van der Waals surface area contributed by atoms with Gasteiger partial charge in [-0.3, -0.25) is 39.1 Å². The molecule has 3 aromatic rings. The van der Waals surface area contributed by atoms with Crippen LogP contribution in [0.3, 0.4) is 0 Å². The van der Waals surface area contributed by atoms with E-state index in [1.54, 1.807) is 29.2 Å². The third kappa shape index (κ3) is 12.5. The fraction of sp³-hybridized carbons (Fsp3) is 0.448. The number of carboxylic acid groups (broad SMARTS) is 4. The minimum atomic E-state index is -1.19. The number of rotatable bonds is 19. The van der Waals surface area contributed by atoms with Gasteiger partial charge in [0, 0.05) is 37.3 Å². The van der Waals surface area contributed by atoms with Crippen molar-refractivity contribution in [2.24, 2.45) is 0 Å². The fourth-order valence-electron chi connectivity index (χ4n) is 4.43. The van der Waals surface area contributed by atoms with E-state index in [0.29, 0.717) is 29.6 Å². The van der Waals surface area contributed by atoms with Gasteiger partial charge in [0.2, 0.25) is 0 Å². The molecule has 1 unspecified atom stereocenters. The lowest BCUT2D eigenvalue weighted by atomic mass is 10.0. The molecule has 246 valence electrons. The van der Waals surface area contributed by atoms with Crippen molar-refractivity contribution < 1.29 is 58.4 Å². The Morgan fingerprint density at radius 1 is 0.889 bits per heavy atom. The van der Waals surface area contributed by atoms with E-state index >= 15 is 0 Å². The predicted octanol–water partition coefficient (Wildman–Crippen LogP) is 2.93. The monoisotopic (exact) mass is 635 g/mol. The first kappa shape index (κ1) is 36.6. The van der Waals surface area contributed by atoms with Gasteiger partial charge in [0.05, 0.1) is 55.9 Å². The smallest absolute Gasteiger partial charge is 0.317 e. The number of likely N-dealkylation sites (N-methyl/N-ethyl adjacent to an activating group) is 1. The Morgan fingerprint density at radius 2 is 1.53 bits per heavy atom. The standard InChI is InChI=1S/C27H33N3O11.C2H4O2/c1-2-28(16-26(33)34)9-10-39-11-12-40-24(15-29(17-27(35)36)8-7-25(31)32)20-13-19-18-5-3-4-6-22(18)41-23(19)14-21(20)30(37)38;1-2(3)4/h3-6,13-14,24H,2,7-12,15-17H2,1H3,(H,31,32)(H,33,34)(H,35,36);1H3,(H,3,4). The van der Waals surface area contributed by atoms with Gasteiger partial charge in [0.1, 0.15) is 17.3 Å². The maximum absolute atomic E-state index is 12.1. The number of nitro groups is 1. The molecule has 2 aromatic carbocycles. The molecule has 1 aromatic heterocycles. The molecule has 3 rings (SSSR count). The zero-order valence-corrected chi connectivity index (χ0v) is 24.9. The molecule has 45 heavy (non-hydrogen) atoms. The second-order valence-corrected chi connectivity index (χ2v) is 9.79. The van der Waals surface area contributed by atoms with Gasteiger partial charge in [-0.1, -0.05) is 25.1 Å². The van der Waals surface area contributed by atoms with E-state index in [9.17, 15) is 29.6 Å². The first-order valence-corrected chi connectivity index (χ1v) is 13.9. The molecule has 1 atom stereocenters. The number of furan rings is 1. The summed E-state index contributed by atoms with van der Waals surface area (Å²) in [4.78, 5) is 57.2. The molecule has 1 heterocycles. The minimum Gasteiger partial charge on any atom is -0.481 e. The Kier molecular flexibility index (Phi) is 14.8. The Balaban J connectivity index is 0.00000166. The molecule has 0 radical (unpaired) electrons. The van der Waals surface area contributed by atoms with Crippen LogP contribution in [0.5, 0.6) is 0 Å². The number of hydrogen-bond donors (Lipinski definition) is 4. The molecule has 0 fully saturated rings. The molecular weight excluding hydrogens is 598 g/mol. The van der Waals surface area contributed by atoms with Crippen molar-refractivity contribution in [3.05, 3.63) is 52.1 Å². The molecule has 0 saturated heterocycles. The Bertz CT molecular complexity index is 1470. The first-order chi connectivity index (χ1) is 21.3. The molecule has 0 aliphatic rings. The molecule has 0 spiro atoms. The lowest BCUT2D eigenvalue weighted by Gasteiger charge is -2.26. The van der Waals surface area contributed by atoms with Gasteiger partial charge in [-0.25, -0.2) is 0 Å². The van der Waals surface area contributed by atoms with E-state index < -0.39 is 41.4 Å². The van der Waals surface area contributed by atoms with Crippen molar-refractivity contribution in [1.82, 2.24) is 9.80 Å². The zero-order chi connectivity index (χ0) is 33.5. The normalized spacial score (nSPS) is 11.8. The lowest BCUT2D eigenvalue weighted by Crippen LogP contribution is -2.36. The number of hydrogen-bond acceptors (Lipinski definition) is 11. The first-order valence-electron chi connectivity index (χ1n) is 13.9. The van der Waals surface area contributed by atoms with E-state index in [0.717, 1.165) is 12.3 Å². The fourth-order valence-corrected chi connectivity index (χ4v) is 4.43. The topological polar surface area (TPSA) is 230 Å². The summed E-state index contributed by atoms with van der Waals surface area (Å²) in [6, 6.07) is 10.0. The maximum Gasteiger partial charge on any atom is 0.317 e. The van der Waals surface area contributed by atoms with Gasteiger partial charge in [-0.2, -0.15) is 0 Å². The largest absolute Gasteiger partial charge is 0.481 e. The lowest BCUT2D eigenvalue weighted by molar-refractivity contribution is -0.386. The average molecular weight is 636 g/mol. The Morgan fingerprint density at radius 3 is 2.13 bits per heavy atom. The molecule has 16 heteroatoms. The van der Waals surface area contributed by atoms with Crippen LogP contribution in [-0.2, 0) is 28.7 Å². The van der Waals surface area contributed by atoms with Crippen LogP contribution in [0.2, 0.25) is 0 Å². The van der Waals surface area contributed by atoms with Gasteiger partial charge < -0.3 is 34.3 Å². The number of aliphatic carboxylic acids is 4. The van der Waals surface area contributed by atoms with Crippen molar-refractivity contribution in [3.8, 4) is 0 Å². The molecule has 0 amide bonds. The van der Waals surface area contributed by atoms with E-state index in [1.165, 1.54) is 11.0 Å². The number of nitrogens with zero attached hydrogens (tertiary/aromatic N) is 3. The number of carboxylic acids is 4. The van der Waals surface area contributed by atoms with Gasteiger partial charge in [-0.05, 0) is 18.7 Å². The van der Waals surface area contributed by atoms with E-state index in [-0.39, 0.29) is 57.1 Å². The summed E-state index contributed by atoms with van der Waals surface area (Å²) in [7, 11) is 0. The summed E-state index contributed by atoms with van der Waals surface area (Å²) in [6.07, 6.45) is -1.34. The van der Waals surface area contributed by atoms with Crippen LogP contribution in [0.4, 0.5) is 5.69 Å². The second kappa shape index (κ2) is 18.2. The molecule has 16 nitrogen and oxygen atoms in total. The van der Waals surface area contributed by atoms with Crippen LogP contribution in [0, 0.1) is 10.1 Å². The van der Waals surface area contributed by atoms with E-state index in [4.69, 9.17) is 34.0 Å². The highest BCUT2D eigenvalue weighted by Crippen LogP contribution is 2.37. The average Bonchev–Trinajstić information content (AvgIpc) is 3.32. The summed E-state index contributed by atoms with van der Waals surface area (Å²) >= 11 is 0. The Labute approximate surface area is 257 Å². The van der Waals surface area contributed by atoms with Gasteiger partial charge in [-0.15, -0.1) is 0 Å². The number of fused-ring (bicyclic) bond motifs is 3. The van der Waals surface area contributed by atoms with Crippen molar-refractivity contribution in [2.45, 2.75) is 26.4 Å². The summed E-state index contributed by atoms with van der Waals surface area (Å²) in [6.45, 7) is 3.25. The van der Waals surface area contributed by atoms with E-state index in [2.05, 4.69) is 0 Å². The minimum absolute atomic E-state index is 0.0170. The predicted molar refractivity (Wildman–Crippen MR) is 159 cm³/mol. The van der Waals surface area contributed by atoms with Crippen molar-refractivity contribution in [2.75, 3.05) is 59.1 Å². The van der Waals surface area contributed by atoms with Crippen LogP contribution in [0.1, 0.15) is 31.9 Å². The highest BCUT2D eigenvalue weighted by Gasteiger charge is 2.28. The zero-order valence-electron chi connectivity index (χ0n) is 24.9. The van der Waals surface area contributed by atoms with Gasteiger partial charge in [0.25, 0.3) is 11.7 Å². The third-order valence-corrected chi connectivity index (χ3v) is 6.40. The van der Waals surface area contributed by atoms with Gasteiger partial charge >= 0.3 is 17.9 Å². The quantitative estimate of drug-likeness (QED) is 0.0842. The molecule has 0 aliphatic carbocycles. The highest BCUT2D eigenvalue weighted by atomic mass is 16.6. The highest BCUT2D eigenvalue weighted by molar-refractivity contribution is 6.05. The number of para-hydroxylation sites is 1. The van der Waals surface area contributed by atoms with Crippen LogP contribution in [0.25, 0.3) is 21.9 Å². The second-order valence-electron chi connectivity index (χ2n) is 9.79. The number of benzene rings is 2. The van der Waals surface area contributed by atoms with E-state index in [1.807, 2.05) is 13.0 Å². The number of nitro benzene ring substituents is 1. The van der Waals surface area contributed by atoms with Crippen molar-refractivity contribution in [1.29, 1.82) is 0 Å². The van der Waals surface area contributed by atoms with Crippen LogP contribution >= 0.6 is 0 Å². The molecule has 4 N–H and O–H groups in total. The Hall–Kier alpha value is -4.64. The third-order valence-electron chi connectivity index (χ3n) is 6.40. The number of carbonyl (C=O) groups is 4.